The Hall–Kier alpha value is -0.390. The first-order valence-electron chi connectivity index (χ1n) is 5.90. The Morgan fingerprint density at radius 2 is 2.22 bits per heavy atom. The first-order chi connectivity index (χ1) is 8.54. The summed E-state index contributed by atoms with van der Waals surface area (Å²) in [4.78, 5) is 0. The number of methoxy groups -OCH3 is 1. The van der Waals surface area contributed by atoms with Crippen LogP contribution in [0.25, 0.3) is 0 Å². The molecule has 0 saturated carbocycles. The number of nitrogens with one attached hydrogen (secondary N) is 1. The molecule has 5 heteroatoms. The van der Waals surface area contributed by atoms with Crippen LogP contribution in [0.1, 0.15) is 18.9 Å². The topological polar surface area (TPSA) is 38.3 Å². The Labute approximate surface area is 120 Å². The molecule has 0 aliphatic rings. The number of rotatable bonds is 7. The first kappa shape index (κ1) is 15.7. The highest BCUT2D eigenvalue weighted by Crippen LogP contribution is 2.25. The van der Waals surface area contributed by atoms with Crippen LogP contribution < -0.4 is 10.1 Å². The van der Waals surface area contributed by atoms with Crippen molar-refractivity contribution in [3.8, 4) is 5.75 Å². The van der Waals surface area contributed by atoms with E-state index in [9.17, 15) is 4.21 Å². The Bertz CT molecular complexity index is 412. The van der Waals surface area contributed by atoms with Crippen molar-refractivity contribution >= 4 is 26.7 Å². The van der Waals surface area contributed by atoms with Gasteiger partial charge in [0.15, 0.2) is 0 Å². The summed E-state index contributed by atoms with van der Waals surface area (Å²) in [7, 11) is 0.927. The van der Waals surface area contributed by atoms with Gasteiger partial charge in [-0.3, -0.25) is 4.21 Å². The largest absolute Gasteiger partial charge is 0.496 e. The van der Waals surface area contributed by atoms with Crippen molar-refractivity contribution in [1.29, 1.82) is 0 Å². The zero-order chi connectivity index (χ0) is 13.5. The maximum atomic E-state index is 11.2. The van der Waals surface area contributed by atoms with Crippen molar-refractivity contribution in [3.05, 3.63) is 28.2 Å². The fraction of sp³-hybridized carbons (Fsp3) is 0.538. The second kappa shape index (κ2) is 7.92. The lowest BCUT2D eigenvalue weighted by Gasteiger charge is -2.10. The predicted molar refractivity (Wildman–Crippen MR) is 80.5 cm³/mol. The summed E-state index contributed by atoms with van der Waals surface area (Å²) >= 11 is 3.47. The highest BCUT2D eigenvalue weighted by Gasteiger charge is 2.05. The van der Waals surface area contributed by atoms with Gasteiger partial charge in [0.05, 0.1) is 11.6 Å². The molecule has 1 aromatic rings. The lowest BCUT2D eigenvalue weighted by Crippen LogP contribution is -2.20. The third kappa shape index (κ3) is 5.08. The van der Waals surface area contributed by atoms with E-state index in [-0.39, 0.29) is 5.25 Å². The molecule has 18 heavy (non-hydrogen) atoms. The molecule has 0 spiro atoms. The second-order valence-electron chi connectivity index (χ2n) is 4.24. The van der Waals surface area contributed by atoms with Crippen LogP contribution in [0, 0.1) is 0 Å². The molecular weight excluding hydrogens is 314 g/mol. The molecule has 0 aliphatic heterocycles. The van der Waals surface area contributed by atoms with E-state index in [1.165, 1.54) is 5.56 Å². The number of ether oxygens (including phenoxy) is 1. The van der Waals surface area contributed by atoms with Gasteiger partial charge in [0, 0.05) is 28.9 Å². The van der Waals surface area contributed by atoms with Crippen molar-refractivity contribution in [2.75, 3.05) is 19.9 Å². The van der Waals surface area contributed by atoms with E-state index >= 15 is 0 Å². The van der Waals surface area contributed by atoms with Crippen molar-refractivity contribution < 1.29 is 8.95 Å². The summed E-state index contributed by atoms with van der Waals surface area (Å²) in [6, 6.07) is 6.04. The van der Waals surface area contributed by atoms with Gasteiger partial charge in [-0.15, -0.1) is 0 Å². The Morgan fingerprint density at radius 1 is 1.50 bits per heavy atom. The molecule has 0 bridgehead atoms. The molecule has 1 N–H and O–H groups in total. The molecule has 0 radical (unpaired) electrons. The van der Waals surface area contributed by atoms with Gasteiger partial charge in [-0.05, 0) is 46.6 Å². The third-order valence-electron chi connectivity index (χ3n) is 2.84. The van der Waals surface area contributed by atoms with Crippen molar-refractivity contribution in [1.82, 2.24) is 5.32 Å². The molecule has 0 aliphatic carbocycles. The molecule has 1 aromatic carbocycles. The van der Waals surface area contributed by atoms with Gasteiger partial charge in [-0.25, -0.2) is 0 Å². The van der Waals surface area contributed by atoms with Gasteiger partial charge in [-0.2, -0.15) is 0 Å². The zero-order valence-electron chi connectivity index (χ0n) is 11.0. The first-order valence-corrected chi connectivity index (χ1v) is 8.31. The Balaban J connectivity index is 2.36. The molecule has 3 nitrogen and oxygen atoms in total. The van der Waals surface area contributed by atoms with Crippen molar-refractivity contribution in [3.63, 3.8) is 0 Å². The van der Waals surface area contributed by atoms with E-state index in [1.54, 1.807) is 13.4 Å². The Morgan fingerprint density at radius 3 is 2.78 bits per heavy atom. The van der Waals surface area contributed by atoms with Gasteiger partial charge < -0.3 is 10.1 Å². The molecule has 0 amide bonds. The predicted octanol–water partition coefficient (Wildman–Crippen LogP) is 2.70. The zero-order valence-corrected chi connectivity index (χ0v) is 13.4. The normalized spacial score (nSPS) is 14.2. The van der Waals surface area contributed by atoms with E-state index in [1.807, 2.05) is 25.1 Å². The Kier molecular flexibility index (Phi) is 6.89. The molecule has 0 saturated heterocycles. The molecule has 102 valence electrons. The summed E-state index contributed by atoms with van der Waals surface area (Å²) in [5.74, 6) is 0.841. The van der Waals surface area contributed by atoms with Crippen LogP contribution >= 0.6 is 15.9 Å². The smallest absolute Gasteiger partial charge is 0.133 e. The minimum Gasteiger partial charge on any atom is -0.496 e. The van der Waals surface area contributed by atoms with E-state index in [4.69, 9.17) is 4.74 Å². The van der Waals surface area contributed by atoms with Gasteiger partial charge in [-0.1, -0.05) is 13.0 Å². The minimum absolute atomic E-state index is 0.250. The molecule has 0 heterocycles. The molecule has 2 unspecified atom stereocenters. The fourth-order valence-corrected chi connectivity index (χ4v) is 2.56. The minimum atomic E-state index is -0.730. The molecule has 0 fully saturated rings. The van der Waals surface area contributed by atoms with E-state index in [2.05, 4.69) is 21.2 Å². The summed E-state index contributed by atoms with van der Waals surface area (Å²) in [6.45, 7) is 3.71. The number of halogens is 1. The van der Waals surface area contributed by atoms with Crippen molar-refractivity contribution in [2.45, 2.75) is 25.1 Å². The van der Waals surface area contributed by atoms with E-state index < -0.39 is 10.8 Å². The molecule has 2 atom stereocenters. The van der Waals surface area contributed by atoms with Crippen LogP contribution in [-0.2, 0) is 17.3 Å². The lowest BCUT2D eigenvalue weighted by atomic mass is 10.2. The summed E-state index contributed by atoms with van der Waals surface area (Å²) in [6.07, 6.45) is 2.69. The van der Waals surface area contributed by atoms with Gasteiger partial charge in [0.2, 0.25) is 0 Å². The third-order valence-corrected chi connectivity index (χ3v) is 4.83. The second-order valence-corrected chi connectivity index (χ2v) is 6.90. The average Bonchev–Trinajstić information content (AvgIpc) is 2.34. The monoisotopic (exact) mass is 333 g/mol. The number of benzene rings is 1. The summed E-state index contributed by atoms with van der Waals surface area (Å²) in [5.41, 5.74) is 1.20. The SMILES string of the molecule is COc1ccc(CNCCC(C)S(C)=O)cc1Br. The van der Waals surface area contributed by atoms with Crippen LogP contribution in [0.5, 0.6) is 5.75 Å². The van der Waals surface area contributed by atoms with Gasteiger partial charge in [0.25, 0.3) is 0 Å². The van der Waals surface area contributed by atoms with Crippen molar-refractivity contribution in [2.24, 2.45) is 0 Å². The molecular formula is C13H20BrNO2S. The standard InChI is InChI=1S/C13H20BrNO2S/c1-10(18(3)16)6-7-15-9-11-4-5-13(17-2)12(14)8-11/h4-5,8,10,15H,6-7,9H2,1-3H3. The quantitative estimate of drug-likeness (QED) is 0.779. The lowest BCUT2D eigenvalue weighted by molar-refractivity contribution is 0.412. The maximum absolute atomic E-state index is 11.2. The fourth-order valence-electron chi connectivity index (χ4n) is 1.52. The summed E-state index contributed by atoms with van der Waals surface area (Å²) in [5, 5.41) is 3.61. The summed E-state index contributed by atoms with van der Waals surface area (Å²) < 4.78 is 17.3. The van der Waals surface area contributed by atoms with Gasteiger partial charge >= 0.3 is 0 Å². The molecule has 0 aromatic heterocycles. The van der Waals surface area contributed by atoms with E-state index in [0.29, 0.717) is 0 Å². The highest BCUT2D eigenvalue weighted by molar-refractivity contribution is 9.10. The molecule has 1 rings (SSSR count). The van der Waals surface area contributed by atoms with Gasteiger partial charge in [0.1, 0.15) is 5.75 Å². The van der Waals surface area contributed by atoms with Crippen LogP contribution in [0.4, 0.5) is 0 Å². The van der Waals surface area contributed by atoms with Crippen LogP contribution in [0.2, 0.25) is 0 Å². The van der Waals surface area contributed by atoms with Crippen LogP contribution in [0.3, 0.4) is 0 Å². The average molecular weight is 334 g/mol. The van der Waals surface area contributed by atoms with Crippen LogP contribution in [0.15, 0.2) is 22.7 Å². The number of hydrogen-bond donors (Lipinski definition) is 1. The highest BCUT2D eigenvalue weighted by atomic mass is 79.9. The van der Waals surface area contributed by atoms with E-state index in [0.717, 1.165) is 29.7 Å². The van der Waals surface area contributed by atoms with Crippen LogP contribution in [-0.4, -0.2) is 29.4 Å². The maximum Gasteiger partial charge on any atom is 0.133 e. The number of hydrogen-bond acceptors (Lipinski definition) is 3.